The van der Waals surface area contributed by atoms with Crippen molar-refractivity contribution >= 4 is 22.7 Å². The highest BCUT2D eigenvalue weighted by Gasteiger charge is 2.37. The van der Waals surface area contributed by atoms with Crippen LogP contribution in [0, 0.1) is 0 Å². The van der Waals surface area contributed by atoms with Gasteiger partial charge in [-0.2, -0.15) is 0 Å². The summed E-state index contributed by atoms with van der Waals surface area (Å²) in [5.41, 5.74) is 7.90. The lowest BCUT2D eigenvalue weighted by molar-refractivity contribution is 0.778. The third kappa shape index (κ3) is 1.76. The third-order valence-electron chi connectivity index (χ3n) is 5.72. The Morgan fingerprint density at radius 3 is 2.46 bits per heavy atom. The van der Waals surface area contributed by atoms with Crippen LogP contribution in [0.4, 0.5) is 5.69 Å². The molecule has 0 saturated heterocycles. The van der Waals surface area contributed by atoms with Gasteiger partial charge in [-0.1, -0.05) is 60.7 Å². The van der Waals surface area contributed by atoms with Crippen LogP contribution in [0.3, 0.4) is 0 Å². The zero-order valence-corrected chi connectivity index (χ0v) is 14.3. The van der Waals surface area contributed by atoms with Gasteiger partial charge in [0.1, 0.15) is 0 Å². The van der Waals surface area contributed by atoms with Gasteiger partial charge in [0, 0.05) is 22.7 Å². The molecule has 2 unspecified atom stereocenters. The van der Waals surface area contributed by atoms with E-state index in [9.17, 15) is 0 Å². The zero-order chi connectivity index (χ0) is 17.1. The van der Waals surface area contributed by atoms with E-state index in [0.717, 1.165) is 0 Å². The van der Waals surface area contributed by atoms with E-state index in [4.69, 9.17) is 0 Å². The summed E-state index contributed by atoms with van der Waals surface area (Å²) in [6.45, 7) is 0. The molecule has 2 nitrogen and oxygen atoms in total. The topological polar surface area (TPSA) is 17.0 Å². The van der Waals surface area contributed by atoms with Crippen LogP contribution >= 0.6 is 0 Å². The summed E-state index contributed by atoms with van der Waals surface area (Å²) in [5, 5.41) is 5.05. The average Bonchev–Trinajstić information content (AvgIpc) is 3.24. The standard InChI is InChI=1S/C24H18N2/c1-2-8-16(9-3-1)26-21-13-7-5-11-18(21)24-22(26)15-14-20-23(24)17-10-4-6-12-19(17)25-20/h1-15,20,23,25H. The van der Waals surface area contributed by atoms with Crippen molar-refractivity contribution < 1.29 is 0 Å². The number of hydrogen-bond donors (Lipinski definition) is 1. The third-order valence-corrected chi connectivity index (χ3v) is 5.72. The van der Waals surface area contributed by atoms with Gasteiger partial charge in [0.25, 0.3) is 0 Å². The first-order chi connectivity index (χ1) is 12.9. The molecule has 124 valence electrons. The average molecular weight is 334 g/mol. The monoisotopic (exact) mass is 334 g/mol. The molecule has 2 atom stereocenters. The van der Waals surface area contributed by atoms with Crippen molar-refractivity contribution in [3.63, 3.8) is 0 Å². The Kier molecular flexibility index (Phi) is 2.75. The van der Waals surface area contributed by atoms with Crippen molar-refractivity contribution in [2.24, 2.45) is 0 Å². The fourth-order valence-electron chi connectivity index (χ4n) is 4.68. The maximum atomic E-state index is 3.69. The molecule has 0 radical (unpaired) electrons. The Hall–Kier alpha value is -3.26. The van der Waals surface area contributed by atoms with Crippen molar-refractivity contribution in [3.05, 3.63) is 102 Å². The quantitative estimate of drug-likeness (QED) is 0.480. The minimum absolute atomic E-state index is 0.329. The number of anilines is 1. The normalized spacial score (nSPS) is 19.7. The minimum Gasteiger partial charge on any atom is -0.378 e. The van der Waals surface area contributed by atoms with E-state index >= 15 is 0 Å². The highest BCUT2D eigenvalue weighted by molar-refractivity contribution is 5.93. The Balaban J connectivity index is 1.71. The van der Waals surface area contributed by atoms with E-state index in [-0.39, 0.29) is 0 Å². The summed E-state index contributed by atoms with van der Waals surface area (Å²) in [6, 6.07) is 28.5. The zero-order valence-electron chi connectivity index (χ0n) is 14.3. The summed E-state index contributed by atoms with van der Waals surface area (Å²) >= 11 is 0. The summed E-state index contributed by atoms with van der Waals surface area (Å²) in [7, 11) is 0. The van der Waals surface area contributed by atoms with Crippen molar-refractivity contribution in [3.8, 4) is 5.69 Å². The largest absolute Gasteiger partial charge is 0.378 e. The second-order valence-electron chi connectivity index (χ2n) is 7.08. The fourth-order valence-corrected chi connectivity index (χ4v) is 4.68. The number of rotatable bonds is 1. The van der Waals surface area contributed by atoms with Gasteiger partial charge >= 0.3 is 0 Å². The molecule has 2 heteroatoms. The lowest BCUT2D eigenvalue weighted by Crippen LogP contribution is -2.22. The van der Waals surface area contributed by atoms with Crippen LogP contribution < -0.4 is 5.32 Å². The molecule has 26 heavy (non-hydrogen) atoms. The number of para-hydroxylation sites is 3. The van der Waals surface area contributed by atoms with Gasteiger partial charge in [-0.3, -0.25) is 0 Å². The fraction of sp³-hybridized carbons (Fsp3) is 0.0833. The molecule has 3 aromatic carbocycles. The minimum atomic E-state index is 0.329. The van der Waals surface area contributed by atoms with Gasteiger partial charge in [-0.25, -0.2) is 0 Å². The van der Waals surface area contributed by atoms with Crippen LogP contribution in [0.2, 0.25) is 0 Å². The Bertz CT molecular complexity index is 1170. The van der Waals surface area contributed by atoms with Crippen LogP contribution in [-0.2, 0) is 0 Å². The van der Waals surface area contributed by atoms with E-state index in [1.54, 1.807) is 0 Å². The summed E-state index contributed by atoms with van der Waals surface area (Å²) in [4.78, 5) is 0. The van der Waals surface area contributed by atoms with Gasteiger partial charge in [-0.15, -0.1) is 0 Å². The van der Waals surface area contributed by atoms with E-state index in [1.165, 1.54) is 39.1 Å². The molecule has 0 amide bonds. The Labute approximate surface area is 152 Å². The number of nitrogens with one attached hydrogen (secondary N) is 1. The lowest BCUT2D eigenvalue weighted by atomic mass is 9.83. The highest BCUT2D eigenvalue weighted by atomic mass is 15.0. The number of nitrogens with zero attached hydrogens (tertiary/aromatic N) is 1. The maximum Gasteiger partial charge on any atom is 0.0559 e. The van der Waals surface area contributed by atoms with Gasteiger partial charge in [0.2, 0.25) is 0 Å². The van der Waals surface area contributed by atoms with Crippen molar-refractivity contribution in [2.75, 3.05) is 5.32 Å². The van der Waals surface area contributed by atoms with Crippen LogP contribution in [0.25, 0.3) is 22.7 Å². The molecule has 0 fully saturated rings. The number of aromatic nitrogens is 1. The van der Waals surface area contributed by atoms with E-state index < -0.39 is 0 Å². The highest BCUT2D eigenvalue weighted by Crippen LogP contribution is 2.48. The molecule has 6 rings (SSSR count). The summed E-state index contributed by atoms with van der Waals surface area (Å²) < 4.78 is 2.40. The SMILES string of the molecule is C1=CC2Nc3ccccc3C2c2c1n(-c1ccccc1)c1ccccc21. The van der Waals surface area contributed by atoms with Gasteiger partial charge < -0.3 is 9.88 Å². The molecule has 0 spiro atoms. The van der Waals surface area contributed by atoms with Crippen LogP contribution in [-0.4, -0.2) is 10.6 Å². The van der Waals surface area contributed by atoms with Crippen LogP contribution in [0.15, 0.2) is 84.9 Å². The van der Waals surface area contributed by atoms with Gasteiger partial charge in [-0.05, 0) is 41.5 Å². The summed E-state index contributed by atoms with van der Waals surface area (Å²) in [6.07, 6.45) is 4.62. The summed E-state index contributed by atoms with van der Waals surface area (Å²) in [5.74, 6) is 0.362. The maximum absolute atomic E-state index is 3.69. The smallest absolute Gasteiger partial charge is 0.0559 e. The molecule has 0 saturated carbocycles. The number of fused-ring (bicyclic) bond motifs is 7. The van der Waals surface area contributed by atoms with E-state index in [1.807, 2.05) is 0 Å². The van der Waals surface area contributed by atoms with Gasteiger partial charge in [0.15, 0.2) is 0 Å². The predicted octanol–water partition coefficient (Wildman–Crippen LogP) is 5.58. The molecule has 1 aromatic heterocycles. The molecule has 0 bridgehead atoms. The van der Waals surface area contributed by atoms with Crippen molar-refractivity contribution in [2.45, 2.75) is 12.0 Å². The van der Waals surface area contributed by atoms with Crippen molar-refractivity contribution in [1.29, 1.82) is 0 Å². The second kappa shape index (κ2) is 5.12. The van der Waals surface area contributed by atoms with Crippen molar-refractivity contribution in [1.82, 2.24) is 4.57 Å². The van der Waals surface area contributed by atoms with E-state index in [0.29, 0.717) is 12.0 Å². The molecule has 1 aliphatic heterocycles. The first-order valence-corrected chi connectivity index (χ1v) is 9.14. The Morgan fingerprint density at radius 1 is 0.769 bits per heavy atom. The molecule has 1 aliphatic carbocycles. The second-order valence-corrected chi connectivity index (χ2v) is 7.08. The van der Waals surface area contributed by atoms with Crippen LogP contribution in [0.5, 0.6) is 0 Å². The van der Waals surface area contributed by atoms with Crippen LogP contribution in [0.1, 0.15) is 22.7 Å². The number of hydrogen-bond acceptors (Lipinski definition) is 1. The van der Waals surface area contributed by atoms with E-state index in [2.05, 4.69) is 101 Å². The predicted molar refractivity (Wildman–Crippen MR) is 108 cm³/mol. The van der Waals surface area contributed by atoms with Gasteiger partial charge in [0.05, 0.1) is 17.3 Å². The first-order valence-electron chi connectivity index (χ1n) is 9.14. The Morgan fingerprint density at radius 2 is 1.54 bits per heavy atom. The lowest BCUT2D eigenvalue weighted by Gasteiger charge is -2.23. The molecule has 2 aliphatic rings. The molecular weight excluding hydrogens is 316 g/mol. The molecular formula is C24H18N2. The first kappa shape index (κ1) is 14.0. The molecule has 2 heterocycles. The number of benzene rings is 3. The molecule has 1 N–H and O–H groups in total. The molecule has 4 aromatic rings.